The number of carbonyl (C=O) groups excluding carboxylic acids is 2. The summed E-state index contributed by atoms with van der Waals surface area (Å²) in [5.41, 5.74) is 6.80. The van der Waals surface area contributed by atoms with Crippen LogP contribution in [0.4, 0.5) is 16.2 Å². The highest BCUT2D eigenvalue weighted by atomic mass is 16.2. The molecule has 3 amide bonds. The summed E-state index contributed by atoms with van der Waals surface area (Å²) in [5.74, 6) is 0.0213. The van der Waals surface area contributed by atoms with Crippen molar-refractivity contribution in [3.8, 4) is 0 Å². The highest BCUT2D eigenvalue weighted by Crippen LogP contribution is 2.30. The topological polar surface area (TPSA) is 61.4 Å². The number of hydrogen-bond donors (Lipinski definition) is 2. The van der Waals surface area contributed by atoms with E-state index >= 15 is 0 Å². The minimum Gasteiger partial charge on any atom is -0.334 e. The monoisotopic (exact) mass is 399 g/mol. The lowest BCUT2D eigenvalue weighted by Crippen LogP contribution is -2.29. The summed E-state index contributed by atoms with van der Waals surface area (Å²) < 4.78 is 0. The quantitative estimate of drug-likeness (QED) is 0.660. The summed E-state index contributed by atoms with van der Waals surface area (Å²) in [6, 6.07) is 21.1. The number of nitrogens with zero attached hydrogens (tertiary/aromatic N) is 1. The Labute approximate surface area is 176 Å². The molecule has 0 bridgehead atoms. The van der Waals surface area contributed by atoms with Gasteiger partial charge < -0.3 is 15.5 Å². The molecule has 4 rings (SSSR count). The molecule has 0 spiro atoms. The molecule has 0 unspecified atom stereocenters. The standard InChI is InChI=1S/C25H25N3O2/c1-17-12-18(2)14-22(13-17)27-25(30)26-16-19-8-9-23-21(15-19)10-11-28(23)24(29)20-6-4-3-5-7-20/h3-9,12-15H,10-11,16H2,1-2H3,(H2,26,27,30). The fourth-order valence-corrected chi connectivity index (χ4v) is 3.92. The molecule has 1 aliphatic heterocycles. The van der Waals surface area contributed by atoms with Crippen molar-refractivity contribution in [3.63, 3.8) is 0 Å². The Morgan fingerprint density at radius 3 is 2.40 bits per heavy atom. The van der Waals surface area contributed by atoms with Crippen LogP contribution >= 0.6 is 0 Å². The van der Waals surface area contributed by atoms with Crippen LogP contribution in [0, 0.1) is 13.8 Å². The predicted octanol–water partition coefficient (Wildman–Crippen LogP) is 4.83. The smallest absolute Gasteiger partial charge is 0.319 e. The SMILES string of the molecule is Cc1cc(C)cc(NC(=O)NCc2ccc3c(c2)CCN3C(=O)c2ccccc2)c1. The lowest BCUT2D eigenvalue weighted by molar-refractivity contribution is 0.0989. The number of amides is 3. The van der Waals surface area contributed by atoms with Crippen LogP contribution in [0.25, 0.3) is 0 Å². The number of nitrogens with one attached hydrogen (secondary N) is 2. The number of carbonyl (C=O) groups is 2. The van der Waals surface area contributed by atoms with Gasteiger partial charge in [0, 0.05) is 30.0 Å². The summed E-state index contributed by atoms with van der Waals surface area (Å²) in [4.78, 5) is 26.9. The average molecular weight is 399 g/mol. The van der Waals surface area contributed by atoms with Crippen molar-refractivity contribution in [3.05, 3.63) is 94.5 Å². The van der Waals surface area contributed by atoms with E-state index in [-0.39, 0.29) is 11.9 Å². The number of benzene rings is 3. The van der Waals surface area contributed by atoms with Crippen molar-refractivity contribution in [2.75, 3.05) is 16.8 Å². The molecule has 30 heavy (non-hydrogen) atoms. The Balaban J connectivity index is 1.39. The van der Waals surface area contributed by atoms with Crippen molar-refractivity contribution in [1.82, 2.24) is 5.32 Å². The van der Waals surface area contributed by atoms with Crippen LogP contribution in [0.1, 0.15) is 32.6 Å². The van der Waals surface area contributed by atoms with Crippen LogP contribution < -0.4 is 15.5 Å². The van der Waals surface area contributed by atoms with Gasteiger partial charge in [0.2, 0.25) is 0 Å². The first-order valence-corrected chi connectivity index (χ1v) is 10.1. The third-order valence-corrected chi connectivity index (χ3v) is 5.24. The molecular weight excluding hydrogens is 374 g/mol. The van der Waals surface area contributed by atoms with Crippen molar-refractivity contribution >= 4 is 23.3 Å². The second-order valence-electron chi connectivity index (χ2n) is 7.72. The normalized spacial score (nSPS) is 12.4. The first-order chi connectivity index (χ1) is 14.5. The van der Waals surface area contributed by atoms with Crippen molar-refractivity contribution in [2.24, 2.45) is 0 Å². The molecule has 1 heterocycles. The molecular formula is C25H25N3O2. The Hall–Kier alpha value is -3.60. The van der Waals surface area contributed by atoms with Gasteiger partial charge >= 0.3 is 6.03 Å². The summed E-state index contributed by atoms with van der Waals surface area (Å²) in [5, 5.41) is 5.79. The fraction of sp³-hybridized carbons (Fsp3) is 0.200. The molecule has 0 aromatic heterocycles. The molecule has 0 fully saturated rings. The molecule has 5 heteroatoms. The van der Waals surface area contributed by atoms with E-state index in [2.05, 4.69) is 22.8 Å². The van der Waals surface area contributed by atoms with Crippen LogP contribution in [0.15, 0.2) is 66.7 Å². The highest BCUT2D eigenvalue weighted by molar-refractivity contribution is 6.07. The maximum absolute atomic E-state index is 12.8. The van der Waals surface area contributed by atoms with Gasteiger partial charge in [-0.15, -0.1) is 0 Å². The largest absolute Gasteiger partial charge is 0.334 e. The summed E-state index contributed by atoms with van der Waals surface area (Å²) >= 11 is 0. The number of rotatable bonds is 4. The highest BCUT2D eigenvalue weighted by Gasteiger charge is 2.25. The van der Waals surface area contributed by atoms with Crippen LogP contribution in [0.3, 0.4) is 0 Å². The van der Waals surface area contributed by atoms with E-state index < -0.39 is 0 Å². The molecule has 0 aliphatic carbocycles. The van der Waals surface area contributed by atoms with Gasteiger partial charge in [-0.05, 0) is 72.9 Å². The van der Waals surface area contributed by atoms with Crippen LogP contribution in [-0.4, -0.2) is 18.5 Å². The number of hydrogen-bond acceptors (Lipinski definition) is 2. The minimum absolute atomic E-state index is 0.0213. The minimum atomic E-state index is -0.235. The first-order valence-electron chi connectivity index (χ1n) is 10.1. The molecule has 0 saturated carbocycles. The zero-order valence-corrected chi connectivity index (χ0v) is 17.2. The predicted molar refractivity (Wildman–Crippen MR) is 120 cm³/mol. The van der Waals surface area contributed by atoms with E-state index in [1.54, 1.807) is 0 Å². The number of anilines is 2. The Bertz CT molecular complexity index is 1070. The molecule has 5 nitrogen and oxygen atoms in total. The van der Waals surface area contributed by atoms with Gasteiger partial charge in [0.05, 0.1) is 0 Å². The van der Waals surface area contributed by atoms with Crippen molar-refractivity contribution in [1.29, 1.82) is 0 Å². The van der Waals surface area contributed by atoms with Crippen LogP contribution in [-0.2, 0) is 13.0 Å². The van der Waals surface area contributed by atoms with E-state index in [0.717, 1.165) is 40.0 Å². The van der Waals surface area contributed by atoms with Crippen molar-refractivity contribution < 1.29 is 9.59 Å². The van der Waals surface area contributed by atoms with Gasteiger partial charge in [-0.2, -0.15) is 0 Å². The molecule has 3 aromatic carbocycles. The summed E-state index contributed by atoms with van der Waals surface area (Å²) in [7, 11) is 0. The zero-order chi connectivity index (χ0) is 21.1. The van der Waals surface area contributed by atoms with Gasteiger partial charge in [0.1, 0.15) is 0 Å². The molecule has 1 aliphatic rings. The van der Waals surface area contributed by atoms with Crippen LogP contribution in [0.5, 0.6) is 0 Å². The summed E-state index contributed by atoms with van der Waals surface area (Å²) in [6.07, 6.45) is 0.816. The molecule has 3 aromatic rings. The maximum Gasteiger partial charge on any atom is 0.319 e. The summed E-state index contributed by atoms with van der Waals surface area (Å²) in [6.45, 7) is 5.11. The second kappa shape index (κ2) is 8.41. The molecule has 0 saturated heterocycles. The molecule has 0 atom stereocenters. The Morgan fingerprint density at radius 2 is 1.67 bits per heavy atom. The van der Waals surface area contributed by atoms with Gasteiger partial charge in [0.25, 0.3) is 5.91 Å². The zero-order valence-electron chi connectivity index (χ0n) is 17.2. The van der Waals surface area contributed by atoms with E-state index in [9.17, 15) is 9.59 Å². The van der Waals surface area contributed by atoms with Crippen molar-refractivity contribution in [2.45, 2.75) is 26.8 Å². The number of aryl methyl sites for hydroxylation is 2. The van der Waals surface area contributed by atoms with Gasteiger partial charge in [-0.3, -0.25) is 4.79 Å². The lowest BCUT2D eigenvalue weighted by Gasteiger charge is -2.17. The second-order valence-corrected chi connectivity index (χ2v) is 7.72. The van der Waals surface area contributed by atoms with E-state index in [0.29, 0.717) is 18.7 Å². The van der Waals surface area contributed by atoms with Gasteiger partial charge in [-0.25, -0.2) is 4.79 Å². The Kier molecular flexibility index (Phi) is 5.53. The molecule has 152 valence electrons. The van der Waals surface area contributed by atoms with E-state index in [4.69, 9.17) is 0 Å². The Morgan fingerprint density at radius 1 is 0.933 bits per heavy atom. The molecule has 0 radical (unpaired) electrons. The maximum atomic E-state index is 12.8. The number of urea groups is 1. The third kappa shape index (κ3) is 4.35. The molecule has 2 N–H and O–H groups in total. The van der Waals surface area contributed by atoms with E-state index in [1.165, 1.54) is 0 Å². The number of fused-ring (bicyclic) bond motifs is 1. The fourth-order valence-electron chi connectivity index (χ4n) is 3.92. The average Bonchev–Trinajstić information content (AvgIpc) is 3.15. The van der Waals surface area contributed by atoms with Gasteiger partial charge in [0.15, 0.2) is 0 Å². The third-order valence-electron chi connectivity index (χ3n) is 5.24. The van der Waals surface area contributed by atoms with Crippen LogP contribution in [0.2, 0.25) is 0 Å². The first kappa shape index (κ1) is 19.7. The lowest BCUT2D eigenvalue weighted by atomic mass is 10.1. The van der Waals surface area contributed by atoms with E-state index in [1.807, 2.05) is 73.3 Å². The van der Waals surface area contributed by atoms with Gasteiger partial charge in [-0.1, -0.05) is 36.4 Å².